The average molecular weight is 651 g/mol. The van der Waals surface area contributed by atoms with E-state index in [1.54, 1.807) is 7.11 Å². The maximum absolute atomic E-state index is 13.8. The Bertz CT molecular complexity index is 1130. The molecule has 7 nitrogen and oxygen atoms in total. The van der Waals surface area contributed by atoms with Gasteiger partial charge in [0.15, 0.2) is 22.7 Å². The van der Waals surface area contributed by atoms with Crippen LogP contribution in [0.4, 0.5) is 0 Å². The topological polar surface area (TPSA) is 83.5 Å². The molecule has 2 aliphatic carbocycles. The van der Waals surface area contributed by atoms with Gasteiger partial charge in [-0.2, -0.15) is 0 Å². The third-order valence-corrected chi connectivity index (χ3v) is 21.4. The zero-order valence-electron chi connectivity index (χ0n) is 30.2. The summed E-state index contributed by atoms with van der Waals surface area (Å²) in [4.78, 5) is 13.8. The van der Waals surface area contributed by atoms with Gasteiger partial charge in [0.2, 0.25) is 0 Å². The minimum absolute atomic E-state index is 0.0198. The number of carbonyl (C=O) groups is 1. The van der Waals surface area contributed by atoms with Gasteiger partial charge >= 0.3 is 5.97 Å². The van der Waals surface area contributed by atoms with Gasteiger partial charge in [-0.05, 0) is 62.1 Å². The van der Waals surface area contributed by atoms with E-state index in [-0.39, 0.29) is 63.9 Å². The number of hydrogen-bond donors (Lipinski definition) is 1. The molecule has 0 aromatic heterocycles. The zero-order valence-corrected chi connectivity index (χ0v) is 32.2. The van der Waals surface area contributed by atoms with Gasteiger partial charge in [0.05, 0.1) is 24.4 Å². The summed E-state index contributed by atoms with van der Waals surface area (Å²) in [5.74, 6) is -0.891. The molecular formula is C35H62O7Si2. The van der Waals surface area contributed by atoms with E-state index in [9.17, 15) is 9.90 Å². The van der Waals surface area contributed by atoms with Crippen LogP contribution in [0.2, 0.25) is 36.3 Å². The minimum atomic E-state index is -2.16. The third kappa shape index (κ3) is 6.01. The molecule has 4 bridgehead atoms. The lowest BCUT2D eigenvalue weighted by molar-refractivity contribution is -0.171. The zero-order chi connectivity index (χ0) is 33.4. The van der Waals surface area contributed by atoms with Crippen molar-refractivity contribution in [1.29, 1.82) is 0 Å². The fourth-order valence-corrected chi connectivity index (χ4v) is 10.5. The maximum atomic E-state index is 13.8. The van der Waals surface area contributed by atoms with Crippen molar-refractivity contribution in [3.8, 4) is 0 Å². The predicted octanol–water partition coefficient (Wildman–Crippen LogP) is 7.27. The number of aliphatic hydroxyl groups excluding tert-OH is 1. The molecule has 2 heterocycles. The van der Waals surface area contributed by atoms with E-state index in [0.29, 0.717) is 6.42 Å². The molecule has 2 fully saturated rings. The standard InChI is InChI=1S/C35H62O7Si2/c1-20-18-21(2)35-24(19-26(38-11)32(37)39-29(20)23(4)41-43(12,13)33(5,6)7)16-17-25-27(35)28(36)22(3)30(31(25)40-35)42-44(14,15)34(8,9)10/h16-18,20,22-31,36H,19H2,1-15H3/b21-18+/t20?,22?,23?,24?,25?,26?,27?,28?,29?,30?,31-,35-/m1/s1. The molecule has 2 aliphatic heterocycles. The second-order valence-electron chi connectivity index (χ2n) is 17.3. The van der Waals surface area contributed by atoms with E-state index in [1.165, 1.54) is 0 Å². The normalized spacial score (nSPS) is 41.8. The molecule has 252 valence electrons. The van der Waals surface area contributed by atoms with Gasteiger partial charge in [0.25, 0.3) is 0 Å². The summed E-state index contributed by atoms with van der Waals surface area (Å²) in [5, 5.41) is 12.2. The fourth-order valence-electron chi connectivity index (χ4n) is 7.71. The van der Waals surface area contributed by atoms with Crippen LogP contribution in [0.1, 0.15) is 75.7 Å². The number of rotatable bonds is 6. The van der Waals surface area contributed by atoms with Gasteiger partial charge in [-0.15, -0.1) is 0 Å². The summed E-state index contributed by atoms with van der Waals surface area (Å²) < 4.78 is 33.3. The second kappa shape index (κ2) is 12.0. The molecule has 10 unspecified atom stereocenters. The lowest BCUT2D eigenvalue weighted by atomic mass is 9.57. The predicted molar refractivity (Wildman–Crippen MR) is 180 cm³/mol. The summed E-state index contributed by atoms with van der Waals surface area (Å²) in [7, 11) is -2.72. The van der Waals surface area contributed by atoms with Gasteiger partial charge in [-0.1, -0.05) is 73.6 Å². The molecule has 9 heteroatoms. The van der Waals surface area contributed by atoms with E-state index in [2.05, 4.69) is 107 Å². The number of methoxy groups -OCH3 is 1. The SMILES string of the molecule is COC1CC2C=CC3C4C(O)C(C)C(O[Si](C)(C)C(C)(C)C)[C@@H]3O[C@]24/C(C)=C/C(C)C(C(C)O[Si](C)(C)C(C)(C)C)OC1=O. The minimum Gasteiger partial charge on any atom is -0.457 e. The van der Waals surface area contributed by atoms with Gasteiger partial charge in [0.1, 0.15) is 11.7 Å². The van der Waals surface area contributed by atoms with Crippen LogP contribution < -0.4 is 0 Å². The van der Waals surface area contributed by atoms with Crippen LogP contribution in [0.3, 0.4) is 0 Å². The Kier molecular flexibility index (Phi) is 9.83. The Morgan fingerprint density at radius 3 is 2.16 bits per heavy atom. The summed E-state index contributed by atoms with van der Waals surface area (Å²) in [5.41, 5.74) is 0.299. The van der Waals surface area contributed by atoms with Crippen LogP contribution in [-0.2, 0) is 27.9 Å². The first-order valence-electron chi connectivity index (χ1n) is 16.8. The Labute approximate surface area is 269 Å². The Morgan fingerprint density at radius 2 is 1.61 bits per heavy atom. The molecule has 1 N–H and O–H groups in total. The number of ether oxygens (including phenoxy) is 3. The first-order chi connectivity index (χ1) is 20.0. The first kappa shape index (κ1) is 36.0. The molecule has 0 amide bonds. The van der Waals surface area contributed by atoms with Crippen molar-refractivity contribution in [3.05, 3.63) is 23.8 Å². The third-order valence-electron chi connectivity index (χ3n) is 12.4. The van der Waals surface area contributed by atoms with Crippen LogP contribution in [0, 0.1) is 29.6 Å². The van der Waals surface area contributed by atoms with E-state index >= 15 is 0 Å². The number of cyclic esters (lactones) is 1. The van der Waals surface area contributed by atoms with Crippen molar-refractivity contribution in [2.75, 3.05) is 7.11 Å². The molecule has 1 spiro atoms. The number of esters is 1. The largest absolute Gasteiger partial charge is 0.457 e. The highest BCUT2D eigenvalue weighted by Crippen LogP contribution is 2.61. The molecule has 0 aromatic rings. The number of aliphatic hydroxyl groups is 1. The Hall–Kier alpha value is -0.816. The van der Waals surface area contributed by atoms with Crippen molar-refractivity contribution in [1.82, 2.24) is 0 Å². The first-order valence-corrected chi connectivity index (χ1v) is 22.6. The molecule has 4 rings (SSSR count). The molecule has 44 heavy (non-hydrogen) atoms. The highest BCUT2D eigenvalue weighted by molar-refractivity contribution is 6.74. The molecule has 0 radical (unpaired) electrons. The summed E-state index contributed by atoms with van der Waals surface area (Å²) >= 11 is 0. The molecule has 1 saturated carbocycles. The van der Waals surface area contributed by atoms with Gasteiger partial charge in [-0.25, -0.2) is 4.79 Å². The van der Waals surface area contributed by atoms with E-state index in [0.717, 1.165) is 5.57 Å². The van der Waals surface area contributed by atoms with Crippen LogP contribution in [0.15, 0.2) is 23.8 Å². The molecule has 1 saturated heterocycles. The van der Waals surface area contributed by atoms with Crippen molar-refractivity contribution in [2.45, 2.75) is 154 Å². The molecule has 0 aromatic carbocycles. The maximum Gasteiger partial charge on any atom is 0.335 e. The highest BCUT2D eigenvalue weighted by Gasteiger charge is 2.69. The van der Waals surface area contributed by atoms with Crippen molar-refractivity contribution in [3.63, 3.8) is 0 Å². The van der Waals surface area contributed by atoms with Gasteiger partial charge in [-0.3, -0.25) is 0 Å². The summed E-state index contributed by atoms with van der Waals surface area (Å²) in [6, 6.07) is 0. The fraction of sp³-hybridized carbons (Fsp3) is 0.857. The van der Waals surface area contributed by atoms with E-state index in [4.69, 9.17) is 23.1 Å². The summed E-state index contributed by atoms with van der Waals surface area (Å²) in [6.07, 6.45) is 4.47. The molecule has 4 aliphatic rings. The van der Waals surface area contributed by atoms with Crippen LogP contribution >= 0.6 is 0 Å². The van der Waals surface area contributed by atoms with Crippen molar-refractivity contribution in [2.24, 2.45) is 29.6 Å². The Balaban J connectivity index is 1.79. The number of carbonyl (C=O) groups excluding carboxylic acids is 1. The lowest BCUT2D eigenvalue weighted by Gasteiger charge is -2.50. The smallest absolute Gasteiger partial charge is 0.335 e. The van der Waals surface area contributed by atoms with Crippen LogP contribution in [0.25, 0.3) is 0 Å². The lowest BCUT2D eigenvalue weighted by Crippen LogP contribution is -2.59. The second-order valence-corrected chi connectivity index (χ2v) is 26.8. The van der Waals surface area contributed by atoms with Crippen molar-refractivity contribution < 1.29 is 33.0 Å². The Morgan fingerprint density at radius 1 is 1.02 bits per heavy atom. The van der Waals surface area contributed by atoms with Gasteiger partial charge in [0, 0.05) is 36.7 Å². The van der Waals surface area contributed by atoms with Gasteiger partial charge < -0.3 is 28.2 Å². The molecular weight excluding hydrogens is 589 g/mol. The van der Waals surface area contributed by atoms with Crippen molar-refractivity contribution >= 4 is 22.6 Å². The monoisotopic (exact) mass is 650 g/mol. The quantitative estimate of drug-likeness (QED) is 0.184. The van der Waals surface area contributed by atoms with E-state index < -0.39 is 40.5 Å². The van der Waals surface area contributed by atoms with Crippen LogP contribution in [0.5, 0.6) is 0 Å². The number of hydrogen-bond acceptors (Lipinski definition) is 7. The van der Waals surface area contributed by atoms with E-state index in [1.807, 2.05) is 6.92 Å². The molecule has 12 atom stereocenters. The van der Waals surface area contributed by atoms with Crippen LogP contribution in [-0.4, -0.2) is 77.0 Å². The summed E-state index contributed by atoms with van der Waals surface area (Å²) in [6.45, 7) is 30.8. The highest BCUT2D eigenvalue weighted by atomic mass is 28.4. The average Bonchev–Trinajstić information content (AvgIpc) is 3.08.